The molecule has 2 aromatic heterocycles. The maximum atomic E-state index is 13.0. The first-order valence-electron chi connectivity index (χ1n) is 10.2. The van der Waals surface area contributed by atoms with E-state index in [-0.39, 0.29) is 5.56 Å². The Balaban J connectivity index is 1.86. The predicted molar refractivity (Wildman–Crippen MR) is 118 cm³/mol. The number of nitrogens with two attached hydrogens (primary N) is 1. The number of amides is 2. The number of nitrogens with one attached hydrogen (secondary N) is 1. The van der Waals surface area contributed by atoms with Gasteiger partial charge in [-0.3, -0.25) is 14.4 Å². The van der Waals surface area contributed by atoms with E-state index >= 15 is 0 Å². The summed E-state index contributed by atoms with van der Waals surface area (Å²) < 4.78 is 6.67. The molecule has 3 N–H and O–H groups in total. The molecule has 0 aliphatic carbocycles. The van der Waals surface area contributed by atoms with Crippen molar-refractivity contribution in [1.82, 2.24) is 20.1 Å². The summed E-state index contributed by atoms with van der Waals surface area (Å²) in [5.41, 5.74) is 6.93. The molecule has 9 heteroatoms. The Kier molecular flexibility index (Phi) is 7.33. The van der Waals surface area contributed by atoms with Crippen LogP contribution in [0.4, 0.5) is 0 Å². The number of methoxy groups -OCH3 is 1. The number of nitrogens with zero attached hydrogens (tertiary/aromatic N) is 3. The number of unbranched alkanes of at least 4 members (excludes halogenated alkanes) is 1. The highest BCUT2D eigenvalue weighted by Crippen LogP contribution is 2.22. The van der Waals surface area contributed by atoms with Gasteiger partial charge in [-0.25, -0.2) is 9.67 Å². The monoisotopic (exact) mass is 435 g/mol. The van der Waals surface area contributed by atoms with Crippen LogP contribution in [0.25, 0.3) is 17.1 Å². The van der Waals surface area contributed by atoms with Gasteiger partial charge in [0.25, 0.3) is 11.8 Å². The van der Waals surface area contributed by atoms with Gasteiger partial charge < -0.3 is 15.8 Å². The topological polar surface area (TPSA) is 129 Å². The van der Waals surface area contributed by atoms with Crippen LogP contribution in [0.15, 0.2) is 54.9 Å². The highest BCUT2D eigenvalue weighted by Gasteiger charge is 2.26. The number of primary amides is 1. The van der Waals surface area contributed by atoms with Crippen molar-refractivity contribution in [2.45, 2.75) is 32.2 Å². The summed E-state index contributed by atoms with van der Waals surface area (Å²) in [6.07, 6.45) is 5.03. The van der Waals surface area contributed by atoms with E-state index in [0.717, 1.165) is 17.7 Å². The maximum Gasteiger partial charge on any atom is 0.287 e. The Hall–Kier alpha value is -4.01. The molecule has 1 atom stereocenters. The molecule has 0 aliphatic rings. The molecule has 0 radical (unpaired) electrons. The Morgan fingerprint density at radius 3 is 2.56 bits per heavy atom. The molecule has 0 saturated carbocycles. The van der Waals surface area contributed by atoms with Gasteiger partial charge in [0.2, 0.25) is 5.78 Å². The van der Waals surface area contributed by atoms with Gasteiger partial charge in [0.15, 0.2) is 5.82 Å². The van der Waals surface area contributed by atoms with Crippen molar-refractivity contribution in [3.05, 3.63) is 60.4 Å². The van der Waals surface area contributed by atoms with E-state index < -0.39 is 23.6 Å². The Labute approximate surface area is 185 Å². The van der Waals surface area contributed by atoms with Gasteiger partial charge in [-0.15, -0.1) is 0 Å². The lowest BCUT2D eigenvalue weighted by Gasteiger charge is -2.17. The highest BCUT2D eigenvalue weighted by atomic mass is 16.5. The van der Waals surface area contributed by atoms with Crippen LogP contribution in [0.1, 0.15) is 36.5 Å². The molecule has 2 heterocycles. The third-order valence-corrected chi connectivity index (χ3v) is 4.93. The number of ether oxygens (including phenoxy) is 1. The minimum Gasteiger partial charge on any atom is -0.497 e. The summed E-state index contributed by atoms with van der Waals surface area (Å²) in [5.74, 6) is -1.40. The van der Waals surface area contributed by atoms with Crippen LogP contribution < -0.4 is 15.8 Å². The van der Waals surface area contributed by atoms with E-state index in [0.29, 0.717) is 24.4 Å². The molecular formula is C23H25N5O4. The molecule has 9 nitrogen and oxygen atoms in total. The lowest BCUT2D eigenvalue weighted by Crippen LogP contribution is -2.46. The number of rotatable bonds is 10. The van der Waals surface area contributed by atoms with E-state index in [9.17, 15) is 14.4 Å². The van der Waals surface area contributed by atoms with Crippen LogP contribution in [0.3, 0.4) is 0 Å². The number of Topliss-reactive ketones (excluding diaryl/α,β-unsaturated/α-hetero) is 1. The van der Waals surface area contributed by atoms with Gasteiger partial charge in [-0.1, -0.05) is 19.8 Å². The smallest absolute Gasteiger partial charge is 0.287 e. The van der Waals surface area contributed by atoms with Gasteiger partial charge in [0.1, 0.15) is 5.75 Å². The molecule has 0 aliphatic heterocycles. The molecule has 1 aromatic carbocycles. The zero-order valence-electron chi connectivity index (χ0n) is 17.9. The summed E-state index contributed by atoms with van der Waals surface area (Å²) in [6.45, 7) is 1.95. The zero-order valence-corrected chi connectivity index (χ0v) is 17.9. The van der Waals surface area contributed by atoms with Crippen molar-refractivity contribution >= 4 is 17.6 Å². The number of hydrogen-bond donors (Lipinski definition) is 2. The molecule has 0 fully saturated rings. The predicted octanol–water partition coefficient (Wildman–Crippen LogP) is 2.29. The van der Waals surface area contributed by atoms with Gasteiger partial charge in [0.05, 0.1) is 24.4 Å². The lowest BCUT2D eigenvalue weighted by atomic mass is 10.0. The van der Waals surface area contributed by atoms with Gasteiger partial charge in [-0.2, -0.15) is 5.10 Å². The van der Waals surface area contributed by atoms with Crippen LogP contribution in [-0.2, 0) is 9.59 Å². The first kappa shape index (κ1) is 22.7. The molecule has 3 rings (SSSR count). The number of pyridine rings is 1. The van der Waals surface area contributed by atoms with Crippen LogP contribution in [0, 0.1) is 0 Å². The molecule has 166 valence electrons. The molecule has 0 spiro atoms. The van der Waals surface area contributed by atoms with Crippen molar-refractivity contribution < 1.29 is 19.1 Å². The van der Waals surface area contributed by atoms with Gasteiger partial charge >= 0.3 is 0 Å². The number of hydrogen-bond acceptors (Lipinski definition) is 6. The quantitative estimate of drug-likeness (QED) is 0.470. The molecule has 2 amide bonds. The summed E-state index contributed by atoms with van der Waals surface area (Å²) in [5, 5.41) is 7.16. The molecule has 32 heavy (non-hydrogen) atoms. The maximum absolute atomic E-state index is 13.0. The van der Waals surface area contributed by atoms with Crippen molar-refractivity contribution in [2.24, 2.45) is 5.73 Å². The zero-order chi connectivity index (χ0) is 23.1. The Bertz CT molecular complexity index is 1110. The van der Waals surface area contributed by atoms with Crippen molar-refractivity contribution in [1.29, 1.82) is 0 Å². The fraction of sp³-hybridized carbons (Fsp3) is 0.261. The average molecular weight is 435 g/mol. The number of ketones is 1. The summed E-state index contributed by atoms with van der Waals surface area (Å²) in [4.78, 5) is 40.8. The average Bonchev–Trinajstić information content (AvgIpc) is 3.31. The van der Waals surface area contributed by atoms with E-state index in [2.05, 4.69) is 15.4 Å². The first-order chi connectivity index (χ1) is 15.4. The Morgan fingerprint density at radius 2 is 1.91 bits per heavy atom. The summed E-state index contributed by atoms with van der Waals surface area (Å²) in [7, 11) is 1.60. The van der Waals surface area contributed by atoms with Gasteiger partial charge in [0, 0.05) is 18.0 Å². The largest absolute Gasteiger partial charge is 0.497 e. The summed E-state index contributed by atoms with van der Waals surface area (Å²) >= 11 is 0. The normalized spacial score (nSPS) is 11.6. The lowest BCUT2D eigenvalue weighted by molar-refractivity contribution is -0.137. The standard InChI is InChI=1S/C23H25N5O4/c1-3-4-7-19(20(29)21(24)30)26-23(31)17-6-5-13-25-22(17)28-14-12-18(27-28)15-8-10-16(32-2)11-9-15/h5-6,8-14,19H,3-4,7H2,1-2H3,(H2,24,30)(H,26,31). The molecule has 3 aromatic rings. The molecular weight excluding hydrogens is 410 g/mol. The first-order valence-corrected chi connectivity index (χ1v) is 10.2. The van der Waals surface area contributed by atoms with E-state index in [1.807, 2.05) is 31.2 Å². The molecule has 0 bridgehead atoms. The second-order valence-electron chi connectivity index (χ2n) is 7.15. The SMILES string of the molecule is CCCCC(NC(=O)c1cccnc1-n1ccc(-c2ccc(OC)cc2)n1)C(=O)C(N)=O. The van der Waals surface area contributed by atoms with Crippen LogP contribution in [-0.4, -0.2) is 45.5 Å². The number of carbonyl (C=O) groups excluding carboxylic acids is 3. The van der Waals surface area contributed by atoms with Crippen molar-refractivity contribution in [3.8, 4) is 22.8 Å². The molecule has 1 unspecified atom stereocenters. The third-order valence-electron chi connectivity index (χ3n) is 4.93. The second-order valence-corrected chi connectivity index (χ2v) is 7.15. The molecule has 0 saturated heterocycles. The highest BCUT2D eigenvalue weighted by molar-refractivity contribution is 6.38. The van der Waals surface area contributed by atoms with Crippen molar-refractivity contribution in [3.63, 3.8) is 0 Å². The van der Waals surface area contributed by atoms with E-state index in [1.54, 1.807) is 37.7 Å². The van der Waals surface area contributed by atoms with Crippen molar-refractivity contribution in [2.75, 3.05) is 7.11 Å². The number of benzene rings is 1. The summed E-state index contributed by atoms with van der Waals surface area (Å²) in [6, 6.07) is 11.4. The van der Waals surface area contributed by atoms with Crippen LogP contribution >= 0.6 is 0 Å². The fourth-order valence-electron chi connectivity index (χ4n) is 3.20. The van der Waals surface area contributed by atoms with Crippen LogP contribution in [0.2, 0.25) is 0 Å². The third kappa shape index (κ3) is 5.18. The van der Waals surface area contributed by atoms with E-state index in [1.165, 1.54) is 4.68 Å². The minimum absolute atomic E-state index is 0.218. The van der Waals surface area contributed by atoms with Gasteiger partial charge in [-0.05, 0) is 48.9 Å². The number of aromatic nitrogens is 3. The fourth-order valence-corrected chi connectivity index (χ4v) is 3.20. The Morgan fingerprint density at radius 1 is 1.16 bits per heavy atom. The van der Waals surface area contributed by atoms with E-state index in [4.69, 9.17) is 10.5 Å². The number of carbonyl (C=O) groups is 3. The minimum atomic E-state index is -1.07. The second kappa shape index (κ2) is 10.3. The van der Waals surface area contributed by atoms with Crippen LogP contribution in [0.5, 0.6) is 5.75 Å².